The summed E-state index contributed by atoms with van der Waals surface area (Å²) in [4.78, 5) is 0. The molecular formula is C12H14N2O. The fourth-order valence-electron chi connectivity index (χ4n) is 1.24. The highest BCUT2D eigenvalue weighted by Gasteiger charge is 2.07. The topological polar surface area (TPSA) is 45.0 Å². The molecule has 15 heavy (non-hydrogen) atoms. The Labute approximate surface area is 90.0 Å². The van der Waals surface area contributed by atoms with E-state index in [1.54, 1.807) is 13.2 Å². The van der Waals surface area contributed by atoms with Gasteiger partial charge in [0.05, 0.1) is 13.2 Å². The Morgan fingerprint density at radius 2 is 2.20 bits per heavy atom. The first-order valence-electron chi connectivity index (χ1n) is 4.69. The van der Waals surface area contributed by atoms with Gasteiger partial charge in [0.25, 0.3) is 0 Å². The van der Waals surface area contributed by atoms with Gasteiger partial charge in [-0.25, -0.2) is 0 Å². The molecule has 78 valence electrons. The van der Waals surface area contributed by atoms with Gasteiger partial charge in [-0.3, -0.25) is 5.32 Å². The van der Waals surface area contributed by atoms with Crippen LogP contribution < -0.4 is 10.1 Å². The monoisotopic (exact) mass is 202 g/mol. The molecule has 0 spiro atoms. The Bertz CT molecular complexity index is 351. The van der Waals surface area contributed by atoms with Crippen LogP contribution in [0.5, 0.6) is 5.75 Å². The molecule has 0 saturated carbocycles. The molecule has 0 heterocycles. The van der Waals surface area contributed by atoms with Gasteiger partial charge in [0.2, 0.25) is 0 Å². The number of nitriles is 1. The van der Waals surface area contributed by atoms with E-state index in [0.29, 0.717) is 6.54 Å². The summed E-state index contributed by atoms with van der Waals surface area (Å²) in [6, 6.07) is 9.33. The molecule has 1 N–H and O–H groups in total. The predicted octanol–water partition coefficient (Wildman–Crippen LogP) is 2.04. The van der Waals surface area contributed by atoms with Gasteiger partial charge in [0.1, 0.15) is 11.8 Å². The zero-order chi connectivity index (χ0) is 11.1. The Kier molecular flexibility index (Phi) is 4.39. The number of methoxy groups -OCH3 is 1. The van der Waals surface area contributed by atoms with Crippen molar-refractivity contribution in [1.29, 1.82) is 5.26 Å². The van der Waals surface area contributed by atoms with Crippen molar-refractivity contribution in [2.75, 3.05) is 13.7 Å². The highest BCUT2D eigenvalue weighted by atomic mass is 16.5. The van der Waals surface area contributed by atoms with Crippen LogP contribution in [-0.2, 0) is 0 Å². The number of rotatable bonds is 5. The minimum atomic E-state index is -0.297. The maximum atomic E-state index is 8.95. The van der Waals surface area contributed by atoms with Crippen LogP contribution in [0.25, 0.3) is 0 Å². The zero-order valence-corrected chi connectivity index (χ0v) is 8.73. The van der Waals surface area contributed by atoms with E-state index >= 15 is 0 Å². The summed E-state index contributed by atoms with van der Waals surface area (Å²) in [7, 11) is 1.62. The first-order valence-corrected chi connectivity index (χ1v) is 4.69. The fourth-order valence-corrected chi connectivity index (χ4v) is 1.24. The molecule has 1 aromatic rings. The first-order chi connectivity index (χ1) is 7.31. The molecule has 0 aromatic heterocycles. The van der Waals surface area contributed by atoms with Crippen LogP contribution in [0.4, 0.5) is 0 Å². The first kappa shape index (κ1) is 11.3. The summed E-state index contributed by atoms with van der Waals surface area (Å²) in [5.74, 6) is 0.791. The van der Waals surface area contributed by atoms with Crippen LogP contribution in [0.3, 0.4) is 0 Å². The fraction of sp³-hybridized carbons (Fsp3) is 0.250. The Morgan fingerprint density at radius 3 is 2.67 bits per heavy atom. The van der Waals surface area contributed by atoms with E-state index in [4.69, 9.17) is 10.00 Å². The maximum absolute atomic E-state index is 8.95. The van der Waals surface area contributed by atoms with E-state index < -0.39 is 0 Å². The molecule has 0 radical (unpaired) electrons. The van der Waals surface area contributed by atoms with Crippen molar-refractivity contribution < 1.29 is 4.74 Å². The van der Waals surface area contributed by atoms with Gasteiger partial charge in [0, 0.05) is 6.54 Å². The molecule has 1 rings (SSSR count). The average molecular weight is 202 g/mol. The third-order valence-electron chi connectivity index (χ3n) is 2.04. The lowest BCUT2D eigenvalue weighted by molar-refractivity contribution is 0.414. The molecule has 0 amide bonds. The number of hydrogen-bond acceptors (Lipinski definition) is 3. The molecule has 1 aromatic carbocycles. The van der Waals surface area contributed by atoms with Crippen molar-refractivity contribution in [2.24, 2.45) is 0 Å². The van der Waals surface area contributed by atoms with E-state index in [0.717, 1.165) is 11.3 Å². The van der Waals surface area contributed by atoms with E-state index in [9.17, 15) is 0 Å². The van der Waals surface area contributed by atoms with Gasteiger partial charge < -0.3 is 4.74 Å². The van der Waals surface area contributed by atoms with E-state index in [-0.39, 0.29) is 6.04 Å². The molecule has 0 bridgehead atoms. The van der Waals surface area contributed by atoms with E-state index in [2.05, 4.69) is 18.0 Å². The Morgan fingerprint density at radius 1 is 1.53 bits per heavy atom. The van der Waals surface area contributed by atoms with Gasteiger partial charge in [0.15, 0.2) is 0 Å². The molecule has 1 atom stereocenters. The summed E-state index contributed by atoms with van der Waals surface area (Å²) < 4.78 is 5.04. The third-order valence-corrected chi connectivity index (χ3v) is 2.04. The summed E-state index contributed by atoms with van der Waals surface area (Å²) in [6.45, 7) is 4.21. The zero-order valence-electron chi connectivity index (χ0n) is 8.73. The minimum absolute atomic E-state index is 0.297. The average Bonchev–Trinajstić information content (AvgIpc) is 2.31. The van der Waals surface area contributed by atoms with Crippen molar-refractivity contribution in [3.05, 3.63) is 42.5 Å². The van der Waals surface area contributed by atoms with Crippen molar-refractivity contribution in [2.45, 2.75) is 6.04 Å². The maximum Gasteiger partial charge on any atom is 0.121 e. The second kappa shape index (κ2) is 5.84. The number of nitrogens with zero attached hydrogens (tertiary/aromatic N) is 1. The van der Waals surface area contributed by atoms with Crippen LogP contribution in [0.15, 0.2) is 36.9 Å². The van der Waals surface area contributed by atoms with Crippen LogP contribution >= 0.6 is 0 Å². The third kappa shape index (κ3) is 3.12. The minimum Gasteiger partial charge on any atom is -0.497 e. The SMILES string of the molecule is C=CCNC(C#N)c1ccc(OC)cc1. The molecule has 0 saturated heterocycles. The van der Waals surface area contributed by atoms with Crippen LogP contribution in [0.1, 0.15) is 11.6 Å². The molecular weight excluding hydrogens is 188 g/mol. The van der Waals surface area contributed by atoms with Gasteiger partial charge in [-0.2, -0.15) is 5.26 Å². The molecule has 1 unspecified atom stereocenters. The second-order valence-electron chi connectivity index (χ2n) is 3.03. The largest absolute Gasteiger partial charge is 0.497 e. The summed E-state index contributed by atoms with van der Waals surface area (Å²) in [5.41, 5.74) is 0.931. The van der Waals surface area contributed by atoms with Crippen LogP contribution in [0.2, 0.25) is 0 Å². The van der Waals surface area contributed by atoms with Gasteiger partial charge >= 0.3 is 0 Å². The van der Waals surface area contributed by atoms with Gasteiger partial charge in [-0.15, -0.1) is 6.58 Å². The van der Waals surface area contributed by atoms with Gasteiger partial charge in [-0.1, -0.05) is 18.2 Å². The molecule has 0 aliphatic heterocycles. The van der Waals surface area contributed by atoms with Crippen molar-refractivity contribution in [3.8, 4) is 11.8 Å². The van der Waals surface area contributed by atoms with E-state index in [1.165, 1.54) is 0 Å². The van der Waals surface area contributed by atoms with Crippen molar-refractivity contribution in [3.63, 3.8) is 0 Å². The number of benzene rings is 1. The summed E-state index contributed by atoms with van der Waals surface area (Å²) in [5, 5.41) is 12.0. The van der Waals surface area contributed by atoms with Crippen LogP contribution in [-0.4, -0.2) is 13.7 Å². The molecule has 0 aliphatic carbocycles. The van der Waals surface area contributed by atoms with Gasteiger partial charge in [-0.05, 0) is 17.7 Å². The standard InChI is InChI=1S/C12H14N2O/c1-3-8-14-12(9-13)10-4-6-11(15-2)7-5-10/h3-7,12,14H,1,8H2,2H3. The lowest BCUT2D eigenvalue weighted by atomic mass is 10.1. The summed E-state index contributed by atoms with van der Waals surface area (Å²) in [6.07, 6.45) is 1.73. The predicted molar refractivity (Wildman–Crippen MR) is 59.5 cm³/mol. The number of nitrogens with one attached hydrogen (secondary N) is 1. The van der Waals surface area contributed by atoms with Crippen LogP contribution in [0, 0.1) is 11.3 Å². The summed E-state index contributed by atoms with van der Waals surface area (Å²) >= 11 is 0. The lowest BCUT2D eigenvalue weighted by Gasteiger charge is -2.10. The highest BCUT2D eigenvalue weighted by molar-refractivity contribution is 5.31. The normalized spacial score (nSPS) is 11.5. The molecule has 0 aliphatic rings. The Balaban J connectivity index is 2.74. The highest BCUT2D eigenvalue weighted by Crippen LogP contribution is 2.16. The second-order valence-corrected chi connectivity index (χ2v) is 3.03. The Hall–Kier alpha value is -1.79. The number of hydrogen-bond donors (Lipinski definition) is 1. The quantitative estimate of drug-likeness (QED) is 0.743. The van der Waals surface area contributed by atoms with E-state index in [1.807, 2.05) is 24.3 Å². The number of ether oxygens (including phenoxy) is 1. The molecule has 3 nitrogen and oxygen atoms in total. The van der Waals surface area contributed by atoms with Crippen molar-refractivity contribution >= 4 is 0 Å². The molecule has 3 heteroatoms. The smallest absolute Gasteiger partial charge is 0.121 e. The lowest BCUT2D eigenvalue weighted by Crippen LogP contribution is -2.19. The van der Waals surface area contributed by atoms with Crippen molar-refractivity contribution in [1.82, 2.24) is 5.32 Å². The molecule has 0 fully saturated rings.